The summed E-state index contributed by atoms with van der Waals surface area (Å²) in [5.74, 6) is 0.134. The summed E-state index contributed by atoms with van der Waals surface area (Å²) in [4.78, 5) is 16.9. The zero-order chi connectivity index (χ0) is 15.5. The van der Waals surface area contributed by atoms with Crippen LogP contribution in [0.4, 0.5) is 0 Å². The van der Waals surface area contributed by atoms with Gasteiger partial charge in [-0.05, 0) is 24.6 Å². The first-order chi connectivity index (χ1) is 10.7. The third-order valence-electron chi connectivity index (χ3n) is 4.83. The second-order valence-corrected chi connectivity index (χ2v) is 6.22. The molecule has 0 bridgehead atoms. The summed E-state index contributed by atoms with van der Waals surface area (Å²) in [6.45, 7) is 9.53. The highest BCUT2D eigenvalue weighted by atomic mass is 16.2. The maximum absolute atomic E-state index is 12.1. The van der Waals surface area contributed by atoms with Gasteiger partial charge in [-0.1, -0.05) is 31.2 Å². The lowest BCUT2D eigenvalue weighted by Crippen LogP contribution is -2.64. The minimum Gasteiger partial charge on any atom is -0.328 e. The van der Waals surface area contributed by atoms with Crippen LogP contribution in [0.25, 0.3) is 0 Å². The number of carbonyl (C=O) groups is 1. The van der Waals surface area contributed by atoms with Crippen LogP contribution in [-0.2, 0) is 4.79 Å². The Bertz CT molecular complexity index is 525. The molecule has 22 heavy (non-hydrogen) atoms. The van der Waals surface area contributed by atoms with Crippen LogP contribution in [0.1, 0.15) is 30.5 Å². The molecule has 0 aromatic heterocycles. The molecule has 2 unspecified atom stereocenters. The highest BCUT2D eigenvalue weighted by Crippen LogP contribution is 2.24. The van der Waals surface area contributed by atoms with E-state index in [0.29, 0.717) is 6.42 Å². The van der Waals surface area contributed by atoms with Crippen LogP contribution in [-0.4, -0.2) is 54.7 Å². The van der Waals surface area contributed by atoms with Gasteiger partial charge in [0.25, 0.3) is 0 Å². The zero-order valence-electron chi connectivity index (χ0n) is 13.5. The molecule has 2 atom stereocenters. The third-order valence-corrected chi connectivity index (χ3v) is 4.83. The lowest BCUT2D eigenvalue weighted by atomic mass is 9.97. The van der Waals surface area contributed by atoms with Gasteiger partial charge in [-0.3, -0.25) is 15.0 Å². The third kappa shape index (κ3) is 3.32. The Labute approximate surface area is 132 Å². The summed E-state index contributed by atoms with van der Waals surface area (Å²) >= 11 is 0. The largest absolute Gasteiger partial charge is 0.328 e. The number of nitrogens with zero attached hydrogens (tertiary/aromatic N) is 2. The smallest absolute Gasteiger partial charge is 0.224 e. The molecule has 1 aromatic carbocycles. The first-order valence-electron chi connectivity index (χ1n) is 8.24. The van der Waals surface area contributed by atoms with Gasteiger partial charge in [0.1, 0.15) is 6.29 Å². The average molecular weight is 302 g/mol. The summed E-state index contributed by atoms with van der Waals surface area (Å²) in [6.07, 6.45) is 0.459. The van der Waals surface area contributed by atoms with E-state index in [9.17, 15) is 4.79 Å². The van der Waals surface area contributed by atoms with E-state index in [1.54, 1.807) is 0 Å². The van der Waals surface area contributed by atoms with Crippen molar-refractivity contribution in [2.45, 2.75) is 32.6 Å². The van der Waals surface area contributed by atoms with E-state index in [-0.39, 0.29) is 18.2 Å². The van der Waals surface area contributed by atoms with Gasteiger partial charge in [-0.25, -0.2) is 0 Å². The summed E-state index contributed by atoms with van der Waals surface area (Å²) in [7, 11) is 0. The van der Waals surface area contributed by atoms with Crippen molar-refractivity contribution in [3.63, 3.8) is 0 Å². The number of rotatable bonds is 3. The molecule has 3 rings (SSSR count). The van der Waals surface area contributed by atoms with Crippen LogP contribution in [0.2, 0.25) is 0 Å². The Morgan fingerprint density at radius 2 is 1.91 bits per heavy atom. The number of likely N-dealkylation sites (N-methyl/N-ethyl adjacent to an activating group) is 1. The standard InChI is InChI=1S/C17H26N4O/c1-3-20-8-10-21(11-9-20)17-18-15(12-16(22)19-17)14-7-5-4-6-13(14)2/h4-7,15,17-18H,3,8-12H2,1-2H3,(H,19,22). The van der Waals surface area contributed by atoms with Gasteiger partial charge in [-0.2, -0.15) is 0 Å². The lowest BCUT2D eigenvalue weighted by molar-refractivity contribution is -0.127. The quantitative estimate of drug-likeness (QED) is 0.877. The van der Waals surface area contributed by atoms with Crippen LogP contribution in [0.15, 0.2) is 24.3 Å². The van der Waals surface area contributed by atoms with Gasteiger partial charge in [0, 0.05) is 38.6 Å². The molecule has 0 spiro atoms. The first-order valence-corrected chi connectivity index (χ1v) is 8.24. The molecule has 0 saturated carbocycles. The van der Waals surface area contributed by atoms with Crippen LogP contribution >= 0.6 is 0 Å². The fourth-order valence-corrected chi connectivity index (χ4v) is 3.40. The number of amides is 1. The van der Waals surface area contributed by atoms with Gasteiger partial charge in [0.05, 0.1) is 0 Å². The van der Waals surface area contributed by atoms with Gasteiger partial charge in [0.2, 0.25) is 5.91 Å². The molecule has 5 heteroatoms. The molecule has 120 valence electrons. The Balaban J connectivity index is 1.69. The summed E-state index contributed by atoms with van der Waals surface area (Å²) in [5, 5.41) is 6.71. The molecule has 2 fully saturated rings. The summed E-state index contributed by atoms with van der Waals surface area (Å²) < 4.78 is 0. The van der Waals surface area contributed by atoms with E-state index in [4.69, 9.17) is 0 Å². The molecule has 1 aromatic rings. The molecule has 2 saturated heterocycles. The first kappa shape index (κ1) is 15.5. The lowest BCUT2D eigenvalue weighted by Gasteiger charge is -2.43. The van der Waals surface area contributed by atoms with Crippen molar-refractivity contribution in [3.8, 4) is 0 Å². The molecule has 2 N–H and O–H groups in total. The number of hydrogen-bond donors (Lipinski definition) is 2. The van der Waals surface area contributed by atoms with E-state index in [2.05, 4.69) is 46.4 Å². The van der Waals surface area contributed by atoms with Crippen molar-refractivity contribution < 1.29 is 4.79 Å². The monoisotopic (exact) mass is 302 g/mol. The van der Waals surface area contributed by atoms with E-state index in [1.165, 1.54) is 11.1 Å². The van der Waals surface area contributed by atoms with Crippen LogP contribution in [0.3, 0.4) is 0 Å². The van der Waals surface area contributed by atoms with E-state index in [0.717, 1.165) is 32.7 Å². The van der Waals surface area contributed by atoms with Crippen LogP contribution in [0.5, 0.6) is 0 Å². The number of nitrogens with one attached hydrogen (secondary N) is 2. The van der Waals surface area contributed by atoms with Gasteiger partial charge >= 0.3 is 0 Å². The topological polar surface area (TPSA) is 47.6 Å². The van der Waals surface area contributed by atoms with Crippen molar-refractivity contribution in [2.75, 3.05) is 32.7 Å². The van der Waals surface area contributed by atoms with Gasteiger partial charge in [0.15, 0.2) is 0 Å². The highest BCUT2D eigenvalue weighted by molar-refractivity contribution is 5.78. The van der Waals surface area contributed by atoms with Gasteiger partial charge < -0.3 is 10.2 Å². The number of benzene rings is 1. The van der Waals surface area contributed by atoms with Crippen molar-refractivity contribution in [3.05, 3.63) is 35.4 Å². The number of hydrogen-bond acceptors (Lipinski definition) is 4. The predicted molar refractivity (Wildman–Crippen MR) is 87.3 cm³/mol. The second-order valence-electron chi connectivity index (χ2n) is 6.22. The Morgan fingerprint density at radius 3 is 2.59 bits per heavy atom. The molecule has 0 aliphatic carbocycles. The Hall–Kier alpha value is -1.43. The average Bonchev–Trinajstić information content (AvgIpc) is 2.55. The normalized spacial score (nSPS) is 27.6. The maximum atomic E-state index is 12.1. The molecule has 5 nitrogen and oxygen atoms in total. The molecule has 2 heterocycles. The van der Waals surface area contributed by atoms with Crippen molar-refractivity contribution >= 4 is 5.91 Å². The van der Waals surface area contributed by atoms with Gasteiger partial charge in [-0.15, -0.1) is 0 Å². The predicted octanol–water partition coefficient (Wildman–Crippen LogP) is 1.07. The molecular formula is C17H26N4O. The van der Waals surface area contributed by atoms with E-state index < -0.39 is 0 Å². The second kappa shape index (κ2) is 6.77. The van der Waals surface area contributed by atoms with Crippen LogP contribution < -0.4 is 10.6 Å². The number of carbonyl (C=O) groups excluding carboxylic acids is 1. The molecule has 0 radical (unpaired) electrons. The SMILES string of the molecule is CCN1CCN(C2NC(=O)CC(c3ccccc3C)N2)CC1. The fourth-order valence-electron chi connectivity index (χ4n) is 3.40. The fraction of sp³-hybridized carbons (Fsp3) is 0.588. The minimum atomic E-state index is -0.0511. The molecule has 2 aliphatic heterocycles. The maximum Gasteiger partial charge on any atom is 0.224 e. The van der Waals surface area contributed by atoms with E-state index in [1.807, 2.05) is 12.1 Å². The van der Waals surface area contributed by atoms with Crippen LogP contribution in [0, 0.1) is 6.92 Å². The molecular weight excluding hydrogens is 276 g/mol. The molecule has 2 aliphatic rings. The Kier molecular flexibility index (Phi) is 4.76. The number of aryl methyl sites for hydroxylation is 1. The van der Waals surface area contributed by atoms with Crippen molar-refractivity contribution in [1.82, 2.24) is 20.4 Å². The number of piperazine rings is 1. The minimum absolute atomic E-state index is 0.0511. The van der Waals surface area contributed by atoms with Crippen molar-refractivity contribution in [1.29, 1.82) is 0 Å². The summed E-state index contributed by atoms with van der Waals surface area (Å²) in [5.41, 5.74) is 2.47. The molecule has 1 amide bonds. The summed E-state index contributed by atoms with van der Waals surface area (Å²) in [6, 6.07) is 8.43. The van der Waals surface area contributed by atoms with Crippen molar-refractivity contribution in [2.24, 2.45) is 0 Å². The Morgan fingerprint density at radius 1 is 1.18 bits per heavy atom. The highest BCUT2D eigenvalue weighted by Gasteiger charge is 2.32. The zero-order valence-corrected chi connectivity index (χ0v) is 13.5. The van der Waals surface area contributed by atoms with E-state index >= 15 is 0 Å².